The maximum atomic E-state index is 13.4. The summed E-state index contributed by atoms with van der Waals surface area (Å²) in [5, 5.41) is 0. The molecule has 2 aromatic rings. The van der Waals surface area contributed by atoms with Gasteiger partial charge in [0.05, 0.1) is 4.47 Å². The van der Waals surface area contributed by atoms with Crippen LogP contribution in [0.4, 0.5) is 4.39 Å². The van der Waals surface area contributed by atoms with Crippen LogP contribution in [0.1, 0.15) is 22.9 Å². The third-order valence-corrected chi connectivity index (χ3v) is 3.55. The molecule has 4 heteroatoms. The van der Waals surface area contributed by atoms with Gasteiger partial charge in [0.25, 0.3) is 0 Å². The van der Waals surface area contributed by atoms with Crippen molar-refractivity contribution < 1.29 is 4.39 Å². The van der Waals surface area contributed by atoms with E-state index >= 15 is 0 Å². The summed E-state index contributed by atoms with van der Waals surface area (Å²) in [4.78, 5) is 4.30. The average Bonchev–Trinajstić information content (AvgIpc) is 2.35. The van der Waals surface area contributed by atoms with Gasteiger partial charge in [0.2, 0.25) is 0 Å². The first kappa shape index (κ1) is 13.2. The van der Waals surface area contributed by atoms with E-state index in [1.807, 2.05) is 25.1 Å². The van der Waals surface area contributed by atoms with Gasteiger partial charge in [-0.25, -0.2) is 4.39 Å². The molecular formula is C14H14BrFN2. The van der Waals surface area contributed by atoms with Gasteiger partial charge in [-0.2, -0.15) is 0 Å². The molecule has 0 bridgehead atoms. The minimum absolute atomic E-state index is 0.249. The van der Waals surface area contributed by atoms with Gasteiger partial charge in [-0.05, 0) is 52.2 Å². The normalized spacial score (nSPS) is 12.4. The van der Waals surface area contributed by atoms with Gasteiger partial charge in [-0.1, -0.05) is 12.1 Å². The van der Waals surface area contributed by atoms with Gasteiger partial charge in [0, 0.05) is 24.4 Å². The minimum atomic E-state index is -0.291. The fourth-order valence-electron chi connectivity index (χ4n) is 1.80. The number of hydrogen-bond acceptors (Lipinski definition) is 2. The number of benzene rings is 1. The lowest BCUT2D eigenvalue weighted by Gasteiger charge is -2.13. The largest absolute Gasteiger partial charge is 0.324 e. The number of nitrogens with zero attached hydrogens (tertiary/aromatic N) is 1. The molecule has 0 aliphatic rings. The zero-order valence-electron chi connectivity index (χ0n) is 10.0. The molecule has 1 aromatic heterocycles. The molecule has 0 saturated heterocycles. The molecule has 0 fully saturated rings. The number of halogens is 2. The molecular weight excluding hydrogens is 295 g/mol. The van der Waals surface area contributed by atoms with E-state index in [4.69, 9.17) is 5.73 Å². The highest BCUT2D eigenvalue weighted by Crippen LogP contribution is 2.22. The smallest absolute Gasteiger partial charge is 0.137 e. The Hall–Kier alpha value is -1.26. The van der Waals surface area contributed by atoms with E-state index in [1.165, 1.54) is 6.07 Å². The molecule has 1 aromatic carbocycles. The van der Waals surface area contributed by atoms with Crippen molar-refractivity contribution in [3.05, 3.63) is 63.6 Å². The van der Waals surface area contributed by atoms with E-state index in [-0.39, 0.29) is 11.9 Å². The van der Waals surface area contributed by atoms with E-state index < -0.39 is 0 Å². The molecule has 0 aliphatic carbocycles. The van der Waals surface area contributed by atoms with Gasteiger partial charge in [-0.3, -0.25) is 4.98 Å². The summed E-state index contributed by atoms with van der Waals surface area (Å²) in [7, 11) is 0. The van der Waals surface area contributed by atoms with Crippen LogP contribution in [0.3, 0.4) is 0 Å². The van der Waals surface area contributed by atoms with Crippen molar-refractivity contribution in [1.29, 1.82) is 0 Å². The topological polar surface area (TPSA) is 38.9 Å². The second-order valence-electron chi connectivity index (χ2n) is 4.25. The van der Waals surface area contributed by atoms with Crippen molar-refractivity contribution in [1.82, 2.24) is 4.98 Å². The predicted molar refractivity (Wildman–Crippen MR) is 73.7 cm³/mol. The lowest BCUT2D eigenvalue weighted by atomic mass is 10.0. The standard InChI is InChI=1S/C14H14BrFN2/c1-9-3-2-6-18-14(9)8-13(17)10-4-5-11(15)12(16)7-10/h2-7,13H,8,17H2,1H3. The Balaban J connectivity index is 2.19. The molecule has 94 valence electrons. The summed E-state index contributed by atoms with van der Waals surface area (Å²) in [6.45, 7) is 2.00. The van der Waals surface area contributed by atoms with Gasteiger partial charge in [0.15, 0.2) is 0 Å². The molecule has 18 heavy (non-hydrogen) atoms. The maximum absolute atomic E-state index is 13.4. The molecule has 0 aliphatic heterocycles. The van der Waals surface area contributed by atoms with Gasteiger partial charge < -0.3 is 5.73 Å². The van der Waals surface area contributed by atoms with Crippen LogP contribution in [0, 0.1) is 12.7 Å². The number of hydrogen-bond donors (Lipinski definition) is 1. The monoisotopic (exact) mass is 308 g/mol. The van der Waals surface area contributed by atoms with Crippen molar-refractivity contribution in [3.63, 3.8) is 0 Å². The number of aromatic nitrogens is 1. The molecule has 0 spiro atoms. The predicted octanol–water partition coefficient (Wildman–Crippen LogP) is 3.53. The molecule has 0 amide bonds. The average molecular weight is 309 g/mol. The van der Waals surface area contributed by atoms with E-state index in [1.54, 1.807) is 12.3 Å². The third-order valence-electron chi connectivity index (χ3n) is 2.90. The van der Waals surface area contributed by atoms with Crippen LogP contribution in [0.2, 0.25) is 0 Å². The van der Waals surface area contributed by atoms with Crippen LogP contribution >= 0.6 is 15.9 Å². The van der Waals surface area contributed by atoms with Gasteiger partial charge in [0.1, 0.15) is 5.82 Å². The van der Waals surface area contributed by atoms with Crippen molar-refractivity contribution in [2.75, 3.05) is 0 Å². The Morgan fingerprint density at radius 1 is 1.39 bits per heavy atom. The zero-order chi connectivity index (χ0) is 13.1. The Kier molecular flexibility index (Phi) is 4.09. The number of aryl methyl sites for hydroxylation is 1. The highest BCUT2D eigenvalue weighted by Gasteiger charge is 2.11. The summed E-state index contributed by atoms with van der Waals surface area (Å²) in [6, 6.07) is 8.61. The lowest BCUT2D eigenvalue weighted by Crippen LogP contribution is -2.15. The van der Waals surface area contributed by atoms with E-state index in [0.717, 1.165) is 16.8 Å². The van der Waals surface area contributed by atoms with Crippen molar-refractivity contribution in [2.45, 2.75) is 19.4 Å². The van der Waals surface area contributed by atoms with Crippen LogP contribution in [0.25, 0.3) is 0 Å². The number of rotatable bonds is 3. The first-order chi connectivity index (χ1) is 8.58. The van der Waals surface area contributed by atoms with E-state index in [2.05, 4.69) is 20.9 Å². The maximum Gasteiger partial charge on any atom is 0.137 e. The van der Waals surface area contributed by atoms with Crippen LogP contribution < -0.4 is 5.73 Å². The van der Waals surface area contributed by atoms with Gasteiger partial charge >= 0.3 is 0 Å². The Labute approximate surface area is 114 Å². The molecule has 0 saturated carbocycles. The van der Waals surface area contributed by atoms with E-state index in [0.29, 0.717) is 10.9 Å². The second kappa shape index (κ2) is 5.59. The summed E-state index contributed by atoms with van der Waals surface area (Å²) >= 11 is 3.13. The Morgan fingerprint density at radius 2 is 2.17 bits per heavy atom. The first-order valence-corrected chi connectivity index (χ1v) is 6.48. The zero-order valence-corrected chi connectivity index (χ0v) is 11.6. The summed E-state index contributed by atoms with van der Waals surface area (Å²) in [5.41, 5.74) is 8.93. The van der Waals surface area contributed by atoms with Crippen LogP contribution in [0.15, 0.2) is 41.0 Å². The Morgan fingerprint density at radius 3 is 2.83 bits per heavy atom. The summed E-state index contributed by atoms with van der Waals surface area (Å²) in [5.74, 6) is -0.291. The molecule has 1 heterocycles. The second-order valence-corrected chi connectivity index (χ2v) is 5.11. The highest BCUT2D eigenvalue weighted by molar-refractivity contribution is 9.10. The molecule has 0 radical (unpaired) electrons. The van der Waals surface area contributed by atoms with Crippen molar-refractivity contribution in [3.8, 4) is 0 Å². The fraction of sp³-hybridized carbons (Fsp3) is 0.214. The quantitative estimate of drug-likeness (QED) is 0.942. The molecule has 2 rings (SSSR count). The molecule has 2 nitrogen and oxygen atoms in total. The van der Waals surface area contributed by atoms with Crippen LogP contribution in [-0.4, -0.2) is 4.98 Å². The molecule has 1 unspecified atom stereocenters. The Bertz CT molecular complexity index is 557. The van der Waals surface area contributed by atoms with E-state index in [9.17, 15) is 4.39 Å². The summed E-state index contributed by atoms with van der Waals surface area (Å²) in [6.07, 6.45) is 2.35. The SMILES string of the molecule is Cc1cccnc1CC(N)c1ccc(Br)c(F)c1. The van der Waals surface area contributed by atoms with Crippen molar-refractivity contribution in [2.24, 2.45) is 5.73 Å². The van der Waals surface area contributed by atoms with Gasteiger partial charge in [-0.15, -0.1) is 0 Å². The van der Waals surface area contributed by atoms with Crippen LogP contribution in [0.5, 0.6) is 0 Å². The fourth-order valence-corrected chi connectivity index (χ4v) is 2.05. The third kappa shape index (κ3) is 2.94. The van der Waals surface area contributed by atoms with Crippen molar-refractivity contribution >= 4 is 15.9 Å². The number of nitrogens with two attached hydrogens (primary N) is 1. The first-order valence-electron chi connectivity index (χ1n) is 5.69. The lowest BCUT2D eigenvalue weighted by molar-refractivity contribution is 0.611. The van der Waals surface area contributed by atoms with Crippen LogP contribution in [-0.2, 0) is 6.42 Å². The number of pyridine rings is 1. The minimum Gasteiger partial charge on any atom is -0.324 e. The molecule has 2 N–H and O–H groups in total. The summed E-state index contributed by atoms with van der Waals surface area (Å²) < 4.78 is 13.9. The highest BCUT2D eigenvalue weighted by atomic mass is 79.9. The molecule has 1 atom stereocenters.